The van der Waals surface area contributed by atoms with Crippen LogP contribution in [-0.2, 0) is 9.59 Å². The van der Waals surface area contributed by atoms with Gasteiger partial charge in [0.15, 0.2) is 11.6 Å². The topological polar surface area (TPSA) is 81.7 Å². The van der Waals surface area contributed by atoms with Crippen LogP contribution < -0.4 is 0 Å². The summed E-state index contributed by atoms with van der Waals surface area (Å²) in [6, 6.07) is 4.82. The lowest BCUT2D eigenvalue weighted by Gasteiger charge is -2.62. The first-order valence-electron chi connectivity index (χ1n) is 12.3. The summed E-state index contributed by atoms with van der Waals surface area (Å²) in [6.07, 6.45) is 10.8. The molecule has 0 aromatic rings. The number of nitrogens with zero attached hydrogens (tertiary/aromatic N) is 2. The molecule has 0 aromatic heterocycles. The van der Waals surface area contributed by atoms with Gasteiger partial charge in [-0.2, -0.15) is 10.5 Å². The number of hydrogen-bond donors (Lipinski definition) is 0. The summed E-state index contributed by atoms with van der Waals surface area (Å²) < 4.78 is 0. The minimum absolute atomic E-state index is 0.0555. The van der Waals surface area contributed by atoms with Gasteiger partial charge < -0.3 is 0 Å². The number of allylic oxidation sites excluding steroid dienone is 4. The van der Waals surface area contributed by atoms with Gasteiger partial charge in [-0.3, -0.25) is 9.59 Å². The molecule has 5 aliphatic rings. The van der Waals surface area contributed by atoms with Crippen LogP contribution in [0.15, 0.2) is 23.3 Å². The maximum Gasteiger partial charge on any atom is 0.173 e. The minimum atomic E-state index is -0.414. The lowest BCUT2D eigenvalue weighted by molar-refractivity contribution is -0.140. The number of carbonyl (C=O) groups excluding carboxylic acids is 2. The van der Waals surface area contributed by atoms with Crippen molar-refractivity contribution in [3.63, 3.8) is 0 Å². The first-order valence-corrected chi connectivity index (χ1v) is 12.3. The third-order valence-corrected chi connectivity index (χ3v) is 10.5. The van der Waals surface area contributed by atoms with Gasteiger partial charge in [0, 0.05) is 17.8 Å². The Morgan fingerprint density at radius 1 is 0.969 bits per heavy atom. The lowest BCUT2D eigenvalue weighted by atomic mass is 9.40. The SMILES string of the molecule is CC1(C)CCC2(C#N)CCC3C(C(=O)C=C4C5(C)C=C(C#N)C(=O)CC5CCC43C)C2C1. The van der Waals surface area contributed by atoms with Gasteiger partial charge in [-0.15, -0.1) is 0 Å². The summed E-state index contributed by atoms with van der Waals surface area (Å²) in [5, 5.41) is 19.8. The number of hydrogen-bond acceptors (Lipinski definition) is 4. The van der Waals surface area contributed by atoms with Crippen LogP contribution in [0.3, 0.4) is 0 Å². The van der Waals surface area contributed by atoms with Gasteiger partial charge in [0.25, 0.3) is 0 Å². The van der Waals surface area contributed by atoms with Crippen molar-refractivity contribution in [3.8, 4) is 12.1 Å². The maximum atomic E-state index is 13.8. The Bertz CT molecular complexity index is 1050. The predicted molar refractivity (Wildman–Crippen MR) is 121 cm³/mol. The van der Waals surface area contributed by atoms with Crippen molar-refractivity contribution in [2.75, 3.05) is 0 Å². The van der Waals surface area contributed by atoms with E-state index in [9.17, 15) is 20.1 Å². The summed E-state index contributed by atoms with van der Waals surface area (Å²) in [4.78, 5) is 26.3. The summed E-state index contributed by atoms with van der Waals surface area (Å²) in [6.45, 7) is 9.04. The highest BCUT2D eigenvalue weighted by atomic mass is 16.1. The van der Waals surface area contributed by atoms with E-state index in [1.54, 1.807) is 0 Å². The standard InChI is InChI=1S/C28H34N2O2/c1-25(2)9-10-28(16-30)8-6-19-24(20(28)14-25)22(32)12-23-26(19,3)7-5-18-11-21(31)17(15-29)13-27(18,23)4/h12-13,18-20,24H,5-11,14H2,1-4H3. The Hall–Kier alpha value is -2.20. The molecule has 0 radical (unpaired) electrons. The molecule has 5 aliphatic carbocycles. The van der Waals surface area contributed by atoms with Crippen molar-refractivity contribution in [3.05, 3.63) is 23.3 Å². The Kier molecular flexibility index (Phi) is 4.50. The van der Waals surface area contributed by atoms with Gasteiger partial charge in [0.1, 0.15) is 6.07 Å². The van der Waals surface area contributed by atoms with Crippen molar-refractivity contribution >= 4 is 11.6 Å². The molecule has 0 N–H and O–H groups in total. The molecule has 3 fully saturated rings. The van der Waals surface area contributed by atoms with Crippen molar-refractivity contribution in [1.82, 2.24) is 0 Å². The smallest absolute Gasteiger partial charge is 0.173 e. The van der Waals surface area contributed by atoms with Gasteiger partial charge in [-0.25, -0.2) is 0 Å². The zero-order valence-corrected chi connectivity index (χ0v) is 19.8. The molecule has 0 spiro atoms. The van der Waals surface area contributed by atoms with Crippen molar-refractivity contribution < 1.29 is 9.59 Å². The first kappa shape index (κ1) is 21.6. The Morgan fingerprint density at radius 3 is 2.41 bits per heavy atom. The van der Waals surface area contributed by atoms with E-state index in [1.807, 2.05) is 12.2 Å². The minimum Gasteiger partial charge on any atom is -0.295 e. The number of Topliss-reactive ketones (excluding diaryl/α,β-unsaturated/α-hetero) is 1. The van der Waals surface area contributed by atoms with Gasteiger partial charge >= 0.3 is 0 Å². The Balaban J connectivity index is 1.63. The molecule has 4 heteroatoms. The van der Waals surface area contributed by atoms with Crippen LogP contribution in [0.5, 0.6) is 0 Å². The second kappa shape index (κ2) is 6.66. The fraction of sp³-hybridized carbons (Fsp3) is 0.714. The quantitative estimate of drug-likeness (QED) is 0.493. The number of ketones is 2. The Labute approximate surface area is 191 Å². The van der Waals surface area contributed by atoms with Gasteiger partial charge in [-0.05, 0) is 79.6 Å². The van der Waals surface area contributed by atoms with Crippen LogP contribution in [0.1, 0.15) is 79.1 Å². The van der Waals surface area contributed by atoms with E-state index in [0.29, 0.717) is 6.42 Å². The van der Waals surface area contributed by atoms with E-state index in [-0.39, 0.29) is 57.1 Å². The molecule has 0 saturated heterocycles. The molecule has 7 atom stereocenters. The fourth-order valence-corrected chi connectivity index (χ4v) is 8.61. The zero-order chi connectivity index (χ0) is 23.1. The van der Waals surface area contributed by atoms with Crippen LogP contribution in [0.2, 0.25) is 0 Å². The van der Waals surface area contributed by atoms with Gasteiger partial charge in [0.2, 0.25) is 0 Å². The normalized spacial score (nSPS) is 46.8. The Morgan fingerprint density at radius 2 is 1.72 bits per heavy atom. The maximum absolute atomic E-state index is 13.8. The highest BCUT2D eigenvalue weighted by Crippen LogP contribution is 2.68. The second-order valence-corrected chi connectivity index (χ2v) is 12.6. The third kappa shape index (κ3) is 2.71. The molecule has 0 bridgehead atoms. The summed E-state index contributed by atoms with van der Waals surface area (Å²) in [5.41, 5.74) is 0.667. The van der Waals surface area contributed by atoms with Crippen molar-refractivity contribution in [2.24, 2.45) is 45.3 Å². The van der Waals surface area contributed by atoms with E-state index >= 15 is 0 Å². The average molecular weight is 431 g/mol. The fourth-order valence-electron chi connectivity index (χ4n) is 8.61. The number of fused-ring (bicyclic) bond motifs is 7. The van der Waals surface area contributed by atoms with E-state index in [4.69, 9.17) is 0 Å². The van der Waals surface area contributed by atoms with E-state index in [2.05, 4.69) is 39.8 Å². The molecular weight excluding hydrogens is 396 g/mol. The van der Waals surface area contributed by atoms with Crippen LogP contribution in [0, 0.1) is 68.0 Å². The van der Waals surface area contributed by atoms with Gasteiger partial charge in [-0.1, -0.05) is 39.3 Å². The molecule has 0 aromatic carbocycles. The van der Waals surface area contributed by atoms with E-state index in [0.717, 1.165) is 50.5 Å². The van der Waals surface area contributed by atoms with Gasteiger partial charge in [0.05, 0.1) is 17.1 Å². The van der Waals surface area contributed by atoms with E-state index in [1.165, 1.54) is 0 Å². The first-order chi connectivity index (χ1) is 15.0. The molecule has 7 unspecified atom stereocenters. The predicted octanol–water partition coefficient (Wildman–Crippen LogP) is 5.70. The molecule has 0 amide bonds. The molecule has 5 rings (SSSR count). The summed E-state index contributed by atoms with van der Waals surface area (Å²) in [5.74, 6) is 0.577. The molecule has 168 valence electrons. The average Bonchev–Trinajstić information content (AvgIpc) is 2.75. The second-order valence-electron chi connectivity index (χ2n) is 12.6. The summed E-state index contributed by atoms with van der Waals surface area (Å²) in [7, 11) is 0. The lowest BCUT2D eigenvalue weighted by Crippen LogP contribution is -2.58. The van der Waals surface area contributed by atoms with Crippen LogP contribution in [-0.4, -0.2) is 11.6 Å². The molecular formula is C28H34N2O2. The molecule has 3 saturated carbocycles. The highest BCUT2D eigenvalue weighted by Gasteiger charge is 2.63. The van der Waals surface area contributed by atoms with Crippen molar-refractivity contribution in [2.45, 2.75) is 79.1 Å². The third-order valence-electron chi connectivity index (χ3n) is 10.5. The van der Waals surface area contributed by atoms with Crippen LogP contribution in [0.4, 0.5) is 0 Å². The summed E-state index contributed by atoms with van der Waals surface area (Å²) >= 11 is 0. The molecule has 32 heavy (non-hydrogen) atoms. The monoisotopic (exact) mass is 430 g/mol. The number of rotatable bonds is 0. The zero-order valence-electron chi connectivity index (χ0n) is 19.8. The molecule has 0 heterocycles. The number of carbonyl (C=O) groups is 2. The van der Waals surface area contributed by atoms with Crippen LogP contribution >= 0.6 is 0 Å². The van der Waals surface area contributed by atoms with Crippen LogP contribution in [0.25, 0.3) is 0 Å². The number of nitriles is 2. The molecule has 4 nitrogen and oxygen atoms in total. The molecule has 0 aliphatic heterocycles. The largest absolute Gasteiger partial charge is 0.295 e. The van der Waals surface area contributed by atoms with E-state index < -0.39 is 5.41 Å². The van der Waals surface area contributed by atoms with Crippen molar-refractivity contribution in [1.29, 1.82) is 10.5 Å². The highest BCUT2D eigenvalue weighted by molar-refractivity contribution is 6.01.